The van der Waals surface area contributed by atoms with Crippen molar-refractivity contribution in [3.63, 3.8) is 0 Å². The van der Waals surface area contributed by atoms with Crippen molar-refractivity contribution >= 4 is 36.4 Å². The van der Waals surface area contributed by atoms with Gasteiger partial charge in [0, 0.05) is 6.61 Å². The molecule has 0 bridgehead atoms. The maximum atomic E-state index is 6.19. The molecule has 1 fully saturated rings. The fourth-order valence-electron chi connectivity index (χ4n) is 2.26. The highest BCUT2D eigenvalue weighted by atomic mass is 28.5. The number of hydrogen-bond acceptors (Lipinski definition) is 6. The van der Waals surface area contributed by atoms with Crippen molar-refractivity contribution in [1.29, 1.82) is 0 Å². The van der Waals surface area contributed by atoms with Crippen molar-refractivity contribution in [2.24, 2.45) is 0 Å². The molecule has 0 aliphatic carbocycles. The Labute approximate surface area is 134 Å². The Morgan fingerprint density at radius 1 is 1.00 bits per heavy atom. The summed E-state index contributed by atoms with van der Waals surface area (Å²) in [6.45, 7) is 13.6. The first kappa shape index (κ1) is 19.3. The van der Waals surface area contributed by atoms with E-state index < -0.39 is 36.4 Å². The Balaban J connectivity index is 2.30. The van der Waals surface area contributed by atoms with E-state index in [9.17, 15) is 0 Å². The lowest BCUT2D eigenvalue weighted by molar-refractivity contribution is 0.0846. The lowest BCUT2D eigenvalue weighted by atomic mass is 10.5. The molecule has 0 amide bonds. The van der Waals surface area contributed by atoms with E-state index in [4.69, 9.17) is 25.9 Å². The first-order valence-electron chi connectivity index (χ1n) is 7.42. The van der Waals surface area contributed by atoms with Crippen LogP contribution in [0.25, 0.3) is 0 Å². The first-order chi connectivity index (χ1) is 9.95. The second-order valence-electron chi connectivity index (χ2n) is 5.10. The number of hydrogen-bond donors (Lipinski definition) is 0. The van der Waals surface area contributed by atoms with E-state index in [0.717, 1.165) is 12.5 Å². The van der Waals surface area contributed by atoms with Crippen LogP contribution in [-0.4, -0.2) is 56.2 Å². The Morgan fingerprint density at radius 2 is 1.62 bits per heavy atom. The van der Waals surface area contributed by atoms with Gasteiger partial charge in [-0.15, -0.1) is 0 Å². The summed E-state index contributed by atoms with van der Waals surface area (Å²) in [5, 5.41) is 0. The Morgan fingerprint density at radius 3 is 2.19 bits per heavy atom. The summed E-state index contributed by atoms with van der Waals surface area (Å²) < 4.78 is 34.7. The summed E-state index contributed by atoms with van der Waals surface area (Å²) in [5.74, 6) is 0. The van der Waals surface area contributed by atoms with Crippen molar-refractivity contribution in [1.82, 2.24) is 0 Å². The molecule has 124 valence electrons. The summed E-state index contributed by atoms with van der Waals surface area (Å²) in [7, 11) is -6.98. The lowest BCUT2D eigenvalue weighted by Gasteiger charge is -2.37. The van der Waals surface area contributed by atoms with Gasteiger partial charge in [0.25, 0.3) is 27.9 Å². The van der Waals surface area contributed by atoms with Crippen LogP contribution in [0.2, 0.25) is 32.2 Å². The van der Waals surface area contributed by atoms with Crippen molar-refractivity contribution in [3.05, 3.63) is 12.8 Å². The maximum absolute atomic E-state index is 6.19. The normalized spacial score (nSPS) is 34.0. The molecule has 1 rings (SSSR count). The molecule has 2 unspecified atom stereocenters. The van der Waals surface area contributed by atoms with Gasteiger partial charge < -0.3 is 25.9 Å². The third kappa shape index (κ3) is 8.42. The summed E-state index contributed by atoms with van der Waals surface area (Å²) >= 11 is 0. The van der Waals surface area contributed by atoms with E-state index in [1.807, 2.05) is 6.55 Å². The van der Waals surface area contributed by atoms with Crippen LogP contribution in [-0.2, 0) is 25.9 Å². The van der Waals surface area contributed by atoms with Crippen LogP contribution in [0.15, 0.2) is 12.8 Å². The molecular formula is C11H28O6Si4. The Hall–Kier alpha value is 0.208. The molecule has 1 aliphatic heterocycles. The highest BCUT2D eigenvalue weighted by molar-refractivity contribution is 6.81. The van der Waals surface area contributed by atoms with Crippen LogP contribution in [0.5, 0.6) is 0 Å². The van der Waals surface area contributed by atoms with Gasteiger partial charge in [-0.05, 0) is 38.7 Å². The molecule has 0 saturated carbocycles. The van der Waals surface area contributed by atoms with Gasteiger partial charge in [0.1, 0.15) is 6.61 Å². The summed E-state index contributed by atoms with van der Waals surface area (Å²) in [5.41, 5.74) is 0. The molecule has 1 heterocycles. The lowest BCUT2D eigenvalue weighted by Crippen LogP contribution is -2.53. The molecule has 6 nitrogen and oxygen atoms in total. The van der Waals surface area contributed by atoms with E-state index in [-0.39, 0.29) is 0 Å². The first-order valence-corrected chi connectivity index (χ1v) is 16.2. The molecule has 0 aromatic rings. The molecule has 0 aromatic heterocycles. The fraction of sp³-hybridized carbons (Fsp3) is 0.818. The molecule has 0 spiro atoms. The van der Waals surface area contributed by atoms with Gasteiger partial charge in [-0.1, -0.05) is 6.58 Å². The third-order valence-electron chi connectivity index (χ3n) is 2.98. The zero-order valence-electron chi connectivity index (χ0n) is 13.5. The molecule has 1 aliphatic rings. The average molecular weight is 369 g/mol. The van der Waals surface area contributed by atoms with Gasteiger partial charge in [-0.3, -0.25) is 0 Å². The fourth-order valence-corrected chi connectivity index (χ4v) is 16.9. The molecule has 21 heavy (non-hydrogen) atoms. The van der Waals surface area contributed by atoms with E-state index >= 15 is 0 Å². The standard InChI is InChI=1S/C11H28O6Si4/c1-6-12-9-10-13-8-7-11-21(5)16-19(3)14-18(2)15-20(4)17-21/h6,18-20H,1,7-11H2,2-5H3. The smallest absolute Gasteiger partial charge is 0.317 e. The molecule has 0 radical (unpaired) electrons. The second-order valence-corrected chi connectivity index (χ2v) is 15.3. The second kappa shape index (κ2) is 10.1. The van der Waals surface area contributed by atoms with Gasteiger partial charge in [0.05, 0.1) is 12.9 Å². The minimum absolute atomic E-state index is 0.545. The van der Waals surface area contributed by atoms with E-state index in [1.54, 1.807) is 0 Å². The third-order valence-corrected chi connectivity index (χ3v) is 17.0. The summed E-state index contributed by atoms with van der Waals surface area (Å²) in [4.78, 5) is 0. The Kier molecular flexibility index (Phi) is 9.23. The van der Waals surface area contributed by atoms with E-state index in [1.165, 1.54) is 6.26 Å². The maximum Gasteiger partial charge on any atom is 0.317 e. The van der Waals surface area contributed by atoms with Crippen LogP contribution < -0.4 is 0 Å². The van der Waals surface area contributed by atoms with Crippen LogP contribution >= 0.6 is 0 Å². The minimum Gasteiger partial charge on any atom is -0.499 e. The molecule has 1 saturated heterocycles. The van der Waals surface area contributed by atoms with Crippen LogP contribution in [0.4, 0.5) is 0 Å². The van der Waals surface area contributed by atoms with Gasteiger partial charge >= 0.3 is 8.56 Å². The molecule has 10 heteroatoms. The average Bonchev–Trinajstić information content (AvgIpc) is 2.35. The summed E-state index contributed by atoms with van der Waals surface area (Å²) in [6.07, 6.45) is 2.35. The highest BCUT2D eigenvalue weighted by Gasteiger charge is 2.38. The van der Waals surface area contributed by atoms with Crippen molar-refractivity contribution in [2.75, 3.05) is 19.8 Å². The number of rotatable bonds is 8. The molecule has 2 atom stereocenters. The van der Waals surface area contributed by atoms with Crippen molar-refractivity contribution in [3.8, 4) is 0 Å². The molecule has 0 aromatic carbocycles. The SMILES string of the molecule is C=COCCOCCC[Si]1(C)O[SiH](C)O[SiH](C)O[SiH](C)O1. The molecule has 0 N–H and O–H groups in total. The zero-order chi connectivity index (χ0) is 15.7. The van der Waals surface area contributed by atoms with Crippen molar-refractivity contribution in [2.45, 2.75) is 38.7 Å². The predicted molar refractivity (Wildman–Crippen MR) is 91.4 cm³/mol. The number of ether oxygens (including phenoxy) is 2. The predicted octanol–water partition coefficient (Wildman–Crippen LogP) is 1.26. The van der Waals surface area contributed by atoms with E-state index in [0.29, 0.717) is 19.8 Å². The van der Waals surface area contributed by atoms with Gasteiger partial charge in [0.2, 0.25) is 0 Å². The minimum atomic E-state index is -2.18. The largest absolute Gasteiger partial charge is 0.499 e. The Bertz CT molecular complexity index is 294. The summed E-state index contributed by atoms with van der Waals surface area (Å²) in [6, 6.07) is 0.909. The zero-order valence-corrected chi connectivity index (χ0v) is 18.0. The monoisotopic (exact) mass is 368 g/mol. The quantitative estimate of drug-likeness (QED) is 0.365. The van der Waals surface area contributed by atoms with Crippen LogP contribution in [0.1, 0.15) is 6.42 Å². The van der Waals surface area contributed by atoms with Crippen molar-refractivity contribution < 1.29 is 25.9 Å². The van der Waals surface area contributed by atoms with Gasteiger partial charge in [-0.25, -0.2) is 0 Å². The molecular weight excluding hydrogens is 340 g/mol. The topological polar surface area (TPSA) is 55.4 Å². The van der Waals surface area contributed by atoms with Gasteiger partial charge in [0.15, 0.2) is 0 Å². The van der Waals surface area contributed by atoms with Crippen LogP contribution in [0.3, 0.4) is 0 Å². The van der Waals surface area contributed by atoms with Gasteiger partial charge in [-0.2, -0.15) is 0 Å². The van der Waals surface area contributed by atoms with Crippen LogP contribution in [0, 0.1) is 0 Å². The highest BCUT2D eigenvalue weighted by Crippen LogP contribution is 2.21. The van der Waals surface area contributed by atoms with E-state index in [2.05, 4.69) is 26.2 Å².